The molecule has 0 amide bonds. The lowest BCUT2D eigenvalue weighted by molar-refractivity contribution is 0.0895. The molecule has 2 rings (SSSR count). The van der Waals surface area contributed by atoms with Crippen LogP contribution in [0.5, 0.6) is 0 Å². The van der Waals surface area contributed by atoms with Crippen molar-refractivity contribution in [3.8, 4) is 0 Å². The van der Waals surface area contributed by atoms with E-state index in [-0.39, 0.29) is 0 Å². The predicted octanol–water partition coefficient (Wildman–Crippen LogP) is -0.821. The maximum atomic E-state index is 3.26. The first-order chi connectivity index (χ1) is 3.41. The summed E-state index contributed by atoms with van der Waals surface area (Å²) in [4.78, 5) is 0. The van der Waals surface area contributed by atoms with Crippen molar-refractivity contribution in [1.82, 2.24) is 10.6 Å². The summed E-state index contributed by atoms with van der Waals surface area (Å²) in [7, 11) is 0. The fourth-order valence-electron chi connectivity index (χ4n) is 1.21. The van der Waals surface area contributed by atoms with E-state index in [0.717, 1.165) is 5.41 Å². The lowest BCUT2D eigenvalue weighted by Gasteiger charge is -2.50. The molecular weight excluding hydrogens is 88.1 g/mol. The summed E-state index contributed by atoms with van der Waals surface area (Å²) in [6.07, 6.45) is 0. The number of rotatable bonds is 0. The highest BCUT2D eigenvalue weighted by molar-refractivity contribution is 5.01. The fourth-order valence-corrected chi connectivity index (χ4v) is 1.21. The molecule has 0 atom stereocenters. The Kier molecular flexibility index (Phi) is 0.557. The van der Waals surface area contributed by atoms with Gasteiger partial charge in [0.05, 0.1) is 0 Å². The van der Waals surface area contributed by atoms with Gasteiger partial charge in [-0.2, -0.15) is 0 Å². The lowest BCUT2D eigenvalue weighted by Crippen LogP contribution is -2.69. The zero-order valence-electron chi connectivity index (χ0n) is 4.33. The van der Waals surface area contributed by atoms with Crippen LogP contribution in [0.2, 0.25) is 0 Å². The molecule has 0 saturated carbocycles. The van der Waals surface area contributed by atoms with Crippen LogP contribution in [-0.2, 0) is 0 Å². The number of nitrogens with one attached hydrogen (secondary N) is 2. The Labute approximate surface area is 43.3 Å². The monoisotopic (exact) mass is 98.1 g/mol. The quantitative estimate of drug-likeness (QED) is 0.413. The molecule has 1 spiro atoms. The molecule has 40 valence electrons. The Morgan fingerprint density at radius 1 is 0.857 bits per heavy atom. The molecule has 7 heavy (non-hydrogen) atoms. The van der Waals surface area contributed by atoms with Crippen molar-refractivity contribution < 1.29 is 0 Å². The van der Waals surface area contributed by atoms with E-state index < -0.39 is 0 Å². The largest absolute Gasteiger partial charge is 0.315 e. The number of hydrogen-bond acceptors (Lipinski definition) is 2. The van der Waals surface area contributed by atoms with E-state index in [9.17, 15) is 0 Å². The zero-order chi connectivity index (χ0) is 4.74. The van der Waals surface area contributed by atoms with Gasteiger partial charge in [-0.25, -0.2) is 0 Å². The second-order valence-electron chi connectivity index (χ2n) is 2.71. The molecule has 2 heterocycles. The summed E-state index contributed by atoms with van der Waals surface area (Å²) in [5, 5.41) is 6.53. The minimum Gasteiger partial charge on any atom is -0.315 e. The molecule has 0 aromatic rings. The normalized spacial score (nSPS) is 34.3. The van der Waals surface area contributed by atoms with Crippen molar-refractivity contribution >= 4 is 0 Å². The molecule has 0 aromatic heterocycles. The Morgan fingerprint density at radius 2 is 1.29 bits per heavy atom. The topological polar surface area (TPSA) is 24.1 Å². The van der Waals surface area contributed by atoms with Crippen LogP contribution in [0, 0.1) is 5.41 Å². The van der Waals surface area contributed by atoms with Crippen LogP contribution in [0.3, 0.4) is 0 Å². The third kappa shape index (κ3) is 0.359. The van der Waals surface area contributed by atoms with E-state index in [1.807, 2.05) is 0 Å². The molecule has 2 aliphatic rings. The van der Waals surface area contributed by atoms with Gasteiger partial charge in [0.1, 0.15) is 0 Å². The Hall–Kier alpha value is -0.0800. The molecule has 2 aliphatic heterocycles. The molecule has 2 fully saturated rings. The van der Waals surface area contributed by atoms with Crippen molar-refractivity contribution in [1.29, 1.82) is 0 Å². The third-order valence-corrected chi connectivity index (χ3v) is 2.00. The van der Waals surface area contributed by atoms with Crippen LogP contribution in [0.1, 0.15) is 0 Å². The minimum absolute atomic E-state index is 0.722. The number of hydrogen-bond donors (Lipinski definition) is 2. The zero-order valence-corrected chi connectivity index (χ0v) is 4.33. The average Bonchev–Trinajstić information content (AvgIpc) is 1.20. The molecule has 0 unspecified atom stereocenters. The van der Waals surface area contributed by atoms with Crippen LogP contribution in [0.25, 0.3) is 0 Å². The van der Waals surface area contributed by atoms with Gasteiger partial charge in [0.2, 0.25) is 0 Å². The van der Waals surface area contributed by atoms with E-state index in [2.05, 4.69) is 10.6 Å². The van der Waals surface area contributed by atoms with Crippen molar-refractivity contribution in [2.75, 3.05) is 26.2 Å². The second-order valence-corrected chi connectivity index (χ2v) is 2.71. The van der Waals surface area contributed by atoms with Crippen molar-refractivity contribution in [3.63, 3.8) is 0 Å². The van der Waals surface area contributed by atoms with Crippen LogP contribution in [-0.4, -0.2) is 26.2 Å². The van der Waals surface area contributed by atoms with E-state index in [0.29, 0.717) is 0 Å². The lowest BCUT2D eigenvalue weighted by atomic mass is 9.76. The van der Waals surface area contributed by atoms with Gasteiger partial charge in [-0.05, 0) is 0 Å². The van der Waals surface area contributed by atoms with E-state index in [1.54, 1.807) is 0 Å². The van der Waals surface area contributed by atoms with Crippen LogP contribution in [0.4, 0.5) is 0 Å². The van der Waals surface area contributed by atoms with Gasteiger partial charge < -0.3 is 10.6 Å². The molecule has 2 saturated heterocycles. The highest BCUT2D eigenvalue weighted by atomic mass is 15.1. The maximum absolute atomic E-state index is 3.26. The first-order valence-corrected chi connectivity index (χ1v) is 2.83. The van der Waals surface area contributed by atoms with E-state index in [4.69, 9.17) is 0 Å². The van der Waals surface area contributed by atoms with Crippen LogP contribution in [0.15, 0.2) is 0 Å². The highest BCUT2D eigenvalue weighted by Gasteiger charge is 2.41. The smallest absolute Gasteiger partial charge is 0.0202 e. The summed E-state index contributed by atoms with van der Waals surface area (Å²) >= 11 is 0. The Balaban J connectivity index is 2.00. The summed E-state index contributed by atoms with van der Waals surface area (Å²) in [5.41, 5.74) is 0.722. The summed E-state index contributed by atoms with van der Waals surface area (Å²) in [6, 6.07) is 0. The van der Waals surface area contributed by atoms with Crippen LogP contribution < -0.4 is 10.6 Å². The first-order valence-electron chi connectivity index (χ1n) is 2.83. The SMILES string of the molecule is C1NCC12CNC2. The summed E-state index contributed by atoms with van der Waals surface area (Å²) in [5.74, 6) is 0. The fraction of sp³-hybridized carbons (Fsp3) is 1.00. The van der Waals surface area contributed by atoms with Gasteiger partial charge in [-0.1, -0.05) is 0 Å². The van der Waals surface area contributed by atoms with Crippen molar-refractivity contribution in [2.24, 2.45) is 5.41 Å². The van der Waals surface area contributed by atoms with E-state index in [1.165, 1.54) is 26.2 Å². The predicted molar refractivity (Wildman–Crippen MR) is 28.2 cm³/mol. The van der Waals surface area contributed by atoms with Gasteiger partial charge >= 0.3 is 0 Å². The Morgan fingerprint density at radius 3 is 1.29 bits per heavy atom. The minimum atomic E-state index is 0.722. The van der Waals surface area contributed by atoms with E-state index >= 15 is 0 Å². The molecule has 0 bridgehead atoms. The second kappa shape index (κ2) is 1.01. The van der Waals surface area contributed by atoms with Crippen LogP contribution >= 0.6 is 0 Å². The molecule has 2 N–H and O–H groups in total. The molecule has 2 nitrogen and oxygen atoms in total. The molecule has 2 heteroatoms. The van der Waals surface area contributed by atoms with Gasteiger partial charge in [0.25, 0.3) is 0 Å². The molecule has 0 radical (unpaired) electrons. The average molecular weight is 98.1 g/mol. The summed E-state index contributed by atoms with van der Waals surface area (Å²) < 4.78 is 0. The molecule has 0 aliphatic carbocycles. The Bertz CT molecular complexity index is 66.6. The van der Waals surface area contributed by atoms with Gasteiger partial charge in [0, 0.05) is 31.6 Å². The standard InChI is InChI=1S/C5H10N2/c1-5(2-6-1)3-7-4-5/h6-7H,1-4H2. The van der Waals surface area contributed by atoms with Crippen molar-refractivity contribution in [3.05, 3.63) is 0 Å². The van der Waals surface area contributed by atoms with Gasteiger partial charge in [-0.15, -0.1) is 0 Å². The molecule has 0 aromatic carbocycles. The summed E-state index contributed by atoms with van der Waals surface area (Å²) in [6.45, 7) is 5.00. The van der Waals surface area contributed by atoms with Crippen molar-refractivity contribution in [2.45, 2.75) is 0 Å². The third-order valence-electron chi connectivity index (χ3n) is 2.00. The van der Waals surface area contributed by atoms with Gasteiger partial charge in [0.15, 0.2) is 0 Å². The maximum Gasteiger partial charge on any atom is 0.0202 e. The first kappa shape index (κ1) is 3.87. The highest BCUT2D eigenvalue weighted by Crippen LogP contribution is 2.25. The van der Waals surface area contributed by atoms with Gasteiger partial charge in [-0.3, -0.25) is 0 Å². The molecular formula is C5H10N2.